The minimum absolute atomic E-state index is 0.00898. The smallest absolute Gasteiger partial charge is 0.311 e. The number of thioether (sulfide) groups is 1. The Hall–Kier alpha value is -1.60. The molecule has 3 heterocycles. The highest BCUT2D eigenvalue weighted by molar-refractivity contribution is 8.00. The zero-order valence-electron chi connectivity index (χ0n) is 10.7. The maximum atomic E-state index is 13.1. The van der Waals surface area contributed by atoms with E-state index in [1.54, 1.807) is 12.1 Å². The third kappa shape index (κ3) is 2.03. The largest absolute Gasteiger partial charge is 0.464 e. The number of ether oxygens (including phenoxy) is 1. The van der Waals surface area contributed by atoms with E-state index < -0.39 is 0 Å². The molecule has 7 heteroatoms. The fourth-order valence-electron chi connectivity index (χ4n) is 2.94. The van der Waals surface area contributed by atoms with Gasteiger partial charge < -0.3 is 9.72 Å². The standard InChI is InChI=1S/C14H10FNO3S2/c15-7-3-1-6(2-4-7)9-10-8(5-19-13(10)17)20-12-11(9)21-14(18)16-12/h1-4,8-10H,5H2,(H,16,18)/t8-,9+,10+/m1/s1. The summed E-state index contributed by atoms with van der Waals surface area (Å²) in [4.78, 5) is 27.3. The summed E-state index contributed by atoms with van der Waals surface area (Å²) in [7, 11) is 0. The molecule has 0 bridgehead atoms. The highest BCUT2D eigenvalue weighted by atomic mass is 32.2. The predicted octanol–water partition coefficient (Wildman–Crippen LogP) is 2.35. The van der Waals surface area contributed by atoms with Crippen molar-refractivity contribution < 1.29 is 13.9 Å². The van der Waals surface area contributed by atoms with Gasteiger partial charge in [0.15, 0.2) is 0 Å². The van der Waals surface area contributed by atoms with Crippen molar-refractivity contribution in [3.8, 4) is 0 Å². The molecule has 1 aromatic carbocycles. The van der Waals surface area contributed by atoms with Crippen LogP contribution in [0.2, 0.25) is 0 Å². The summed E-state index contributed by atoms with van der Waals surface area (Å²) >= 11 is 2.60. The molecule has 0 unspecified atom stereocenters. The number of fused-ring (bicyclic) bond motifs is 2. The van der Waals surface area contributed by atoms with Crippen LogP contribution < -0.4 is 4.87 Å². The second-order valence-corrected chi connectivity index (χ2v) is 7.31. The molecule has 2 aliphatic rings. The van der Waals surface area contributed by atoms with Crippen molar-refractivity contribution in [2.45, 2.75) is 16.2 Å². The van der Waals surface area contributed by atoms with Crippen LogP contribution in [0.3, 0.4) is 0 Å². The molecule has 108 valence electrons. The SMILES string of the molecule is O=C1OC[C@H]2Sc3[nH]c(=O)sc3[C@@H](c3ccc(F)cc3)[C@@H]12. The summed E-state index contributed by atoms with van der Waals surface area (Å²) in [6, 6.07) is 6.10. The van der Waals surface area contributed by atoms with E-state index in [2.05, 4.69) is 4.98 Å². The summed E-state index contributed by atoms with van der Waals surface area (Å²) in [5.74, 6) is -1.13. The predicted molar refractivity (Wildman–Crippen MR) is 77.3 cm³/mol. The average molecular weight is 323 g/mol. The highest BCUT2D eigenvalue weighted by Gasteiger charge is 2.49. The molecule has 1 fully saturated rings. The third-order valence-electron chi connectivity index (χ3n) is 3.84. The fraction of sp³-hybridized carbons (Fsp3) is 0.286. The first-order valence-electron chi connectivity index (χ1n) is 6.45. The molecule has 1 N–H and O–H groups in total. The van der Waals surface area contributed by atoms with Crippen molar-refractivity contribution in [2.75, 3.05) is 6.61 Å². The maximum Gasteiger partial charge on any atom is 0.311 e. The quantitative estimate of drug-likeness (QED) is 0.819. The Bertz CT molecular complexity index is 767. The molecule has 0 amide bonds. The molecule has 0 spiro atoms. The van der Waals surface area contributed by atoms with Gasteiger partial charge in [-0.25, -0.2) is 4.39 Å². The Morgan fingerprint density at radius 3 is 2.76 bits per heavy atom. The first-order chi connectivity index (χ1) is 10.1. The van der Waals surface area contributed by atoms with Crippen molar-refractivity contribution in [1.82, 2.24) is 4.98 Å². The molecule has 0 aliphatic carbocycles. The number of carbonyl (C=O) groups is 1. The number of rotatable bonds is 1. The first kappa shape index (κ1) is 13.1. The number of halogens is 1. The van der Waals surface area contributed by atoms with Gasteiger partial charge in [-0.3, -0.25) is 9.59 Å². The number of thiazole rings is 1. The molecule has 2 aliphatic heterocycles. The summed E-state index contributed by atoms with van der Waals surface area (Å²) < 4.78 is 18.3. The Balaban J connectivity index is 1.89. The van der Waals surface area contributed by atoms with Crippen LogP contribution in [0.15, 0.2) is 34.1 Å². The van der Waals surface area contributed by atoms with Crippen LogP contribution in [-0.4, -0.2) is 22.8 Å². The van der Waals surface area contributed by atoms with Crippen LogP contribution in [0, 0.1) is 11.7 Å². The van der Waals surface area contributed by atoms with Gasteiger partial charge in [-0.05, 0) is 17.7 Å². The number of carbonyl (C=O) groups excluding carboxylic acids is 1. The number of benzene rings is 1. The van der Waals surface area contributed by atoms with E-state index in [-0.39, 0.29) is 33.7 Å². The van der Waals surface area contributed by atoms with Gasteiger partial charge in [0, 0.05) is 10.8 Å². The van der Waals surface area contributed by atoms with E-state index in [1.807, 2.05) is 0 Å². The van der Waals surface area contributed by atoms with Crippen LogP contribution in [0.4, 0.5) is 4.39 Å². The van der Waals surface area contributed by atoms with Crippen molar-refractivity contribution >= 4 is 29.1 Å². The minimum Gasteiger partial charge on any atom is -0.464 e. The van der Waals surface area contributed by atoms with E-state index in [9.17, 15) is 14.0 Å². The topological polar surface area (TPSA) is 59.2 Å². The first-order valence-corrected chi connectivity index (χ1v) is 8.15. The number of esters is 1. The molecule has 4 nitrogen and oxygen atoms in total. The third-order valence-corrected chi connectivity index (χ3v) is 6.23. The molecule has 1 aromatic heterocycles. The van der Waals surface area contributed by atoms with E-state index in [0.717, 1.165) is 26.8 Å². The van der Waals surface area contributed by atoms with Crippen LogP contribution in [0.25, 0.3) is 0 Å². The van der Waals surface area contributed by atoms with Crippen molar-refractivity contribution in [3.05, 3.63) is 50.2 Å². The molecule has 1 saturated heterocycles. The van der Waals surface area contributed by atoms with Crippen molar-refractivity contribution in [2.24, 2.45) is 5.92 Å². The zero-order chi connectivity index (χ0) is 14.6. The van der Waals surface area contributed by atoms with Gasteiger partial charge >= 0.3 is 10.8 Å². The molecular weight excluding hydrogens is 313 g/mol. The lowest BCUT2D eigenvalue weighted by atomic mass is 9.83. The normalized spacial score (nSPS) is 27.1. The number of cyclic esters (lactones) is 1. The van der Waals surface area contributed by atoms with E-state index in [0.29, 0.717) is 6.61 Å². The molecule has 21 heavy (non-hydrogen) atoms. The summed E-state index contributed by atoms with van der Waals surface area (Å²) in [5.41, 5.74) is 0.835. The van der Waals surface area contributed by atoms with Gasteiger partial charge in [-0.1, -0.05) is 35.2 Å². The molecule has 0 radical (unpaired) electrons. The number of aromatic nitrogens is 1. The Labute approximate surface area is 127 Å². The average Bonchev–Trinajstić information content (AvgIpc) is 3.00. The van der Waals surface area contributed by atoms with Crippen molar-refractivity contribution in [3.63, 3.8) is 0 Å². The monoisotopic (exact) mass is 323 g/mol. The zero-order valence-corrected chi connectivity index (χ0v) is 12.3. The second-order valence-electron chi connectivity index (χ2n) is 5.05. The molecule has 3 atom stereocenters. The highest BCUT2D eigenvalue weighted by Crippen LogP contribution is 2.51. The number of aromatic amines is 1. The van der Waals surface area contributed by atoms with Gasteiger partial charge in [0.2, 0.25) is 0 Å². The van der Waals surface area contributed by atoms with Gasteiger partial charge in [0.05, 0.1) is 16.2 Å². The van der Waals surface area contributed by atoms with Gasteiger partial charge in [-0.15, -0.1) is 0 Å². The van der Waals surface area contributed by atoms with Gasteiger partial charge in [0.25, 0.3) is 0 Å². The van der Waals surface area contributed by atoms with Crippen LogP contribution in [-0.2, 0) is 9.53 Å². The molecule has 2 aromatic rings. The van der Waals surface area contributed by atoms with Crippen LogP contribution in [0.5, 0.6) is 0 Å². The molecular formula is C14H10FNO3S2. The lowest BCUT2D eigenvalue weighted by molar-refractivity contribution is -0.141. The molecule has 4 rings (SSSR count). The lowest BCUT2D eigenvalue weighted by Crippen LogP contribution is -2.29. The Kier molecular flexibility index (Phi) is 2.93. The number of H-pyrrole nitrogens is 1. The maximum absolute atomic E-state index is 13.1. The second kappa shape index (κ2) is 4.71. The fourth-order valence-corrected chi connectivity index (χ4v) is 5.42. The van der Waals surface area contributed by atoms with E-state index >= 15 is 0 Å². The minimum atomic E-state index is -0.322. The van der Waals surface area contributed by atoms with Crippen LogP contribution >= 0.6 is 23.1 Å². The number of nitrogens with one attached hydrogen (secondary N) is 1. The van der Waals surface area contributed by atoms with E-state index in [4.69, 9.17) is 4.74 Å². The number of hydrogen-bond acceptors (Lipinski definition) is 5. The van der Waals surface area contributed by atoms with Crippen molar-refractivity contribution in [1.29, 1.82) is 0 Å². The van der Waals surface area contributed by atoms with Crippen LogP contribution in [0.1, 0.15) is 16.4 Å². The summed E-state index contributed by atoms with van der Waals surface area (Å²) in [5, 5.41) is 0.796. The lowest BCUT2D eigenvalue weighted by Gasteiger charge is -2.29. The molecule has 0 saturated carbocycles. The Morgan fingerprint density at radius 1 is 1.24 bits per heavy atom. The van der Waals surface area contributed by atoms with E-state index in [1.165, 1.54) is 23.9 Å². The van der Waals surface area contributed by atoms with Gasteiger partial charge in [0.1, 0.15) is 12.4 Å². The Morgan fingerprint density at radius 2 is 2.00 bits per heavy atom. The van der Waals surface area contributed by atoms with Gasteiger partial charge in [-0.2, -0.15) is 0 Å². The summed E-state index contributed by atoms with van der Waals surface area (Å²) in [6.07, 6.45) is 0. The summed E-state index contributed by atoms with van der Waals surface area (Å²) in [6.45, 7) is 0.350. The number of hydrogen-bond donors (Lipinski definition) is 1.